The third kappa shape index (κ3) is 3.56. The lowest BCUT2D eigenvalue weighted by Gasteiger charge is -1.99. The molecule has 0 radical (unpaired) electrons. The topological polar surface area (TPSA) is 80.9 Å². The van der Waals surface area contributed by atoms with Crippen molar-refractivity contribution in [2.45, 2.75) is 11.9 Å². The van der Waals surface area contributed by atoms with Crippen LogP contribution in [-0.4, -0.2) is 26.8 Å². The molecule has 7 heteroatoms. The van der Waals surface area contributed by atoms with Gasteiger partial charge in [0.2, 0.25) is 5.91 Å². The van der Waals surface area contributed by atoms with Gasteiger partial charge in [-0.1, -0.05) is 23.0 Å². The number of anilines is 1. The summed E-state index contributed by atoms with van der Waals surface area (Å²) in [6, 6.07) is 5.66. The number of nitrogens with zero attached hydrogens (tertiary/aromatic N) is 3. The van der Waals surface area contributed by atoms with Crippen molar-refractivity contribution in [3.05, 3.63) is 30.2 Å². The van der Waals surface area contributed by atoms with Crippen molar-refractivity contribution in [1.82, 2.24) is 15.1 Å². The number of aryl methyl sites for hydroxylation is 1. The monoisotopic (exact) mass is 250 g/mol. The fraction of sp³-hybridized carbons (Fsp3) is 0.200. The quantitative estimate of drug-likeness (QED) is 0.828. The molecule has 0 saturated carbocycles. The highest BCUT2D eigenvalue weighted by Gasteiger charge is 2.08. The number of hydrogen-bond donors (Lipinski definition) is 1. The summed E-state index contributed by atoms with van der Waals surface area (Å²) in [6.07, 6.45) is 1.68. The number of pyridine rings is 1. The number of thioether (sulfide) groups is 1. The minimum Gasteiger partial charge on any atom is -0.315 e. The average molecular weight is 250 g/mol. The first-order valence-corrected chi connectivity index (χ1v) is 5.86. The van der Waals surface area contributed by atoms with Gasteiger partial charge < -0.3 is 4.52 Å². The third-order valence-corrected chi connectivity index (χ3v) is 2.71. The van der Waals surface area contributed by atoms with Crippen molar-refractivity contribution in [2.75, 3.05) is 11.1 Å². The highest BCUT2D eigenvalue weighted by atomic mass is 32.2. The molecular weight excluding hydrogens is 240 g/mol. The zero-order valence-corrected chi connectivity index (χ0v) is 9.90. The zero-order valence-electron chi connectivity index (χ0n) is 9.08. The van der Waals surface area contributed by atoms with E-state index in [9.17, 15) is 4.79 Å². The van der Waals surface area contributed by atoms with E-state index in [-0.39, 0.29) is 17.7 Å². The van der Waals surface area contributed by atoms with E-state index in [1.165, 1.54) is 11.8 Å². The fourth-order valence-corrected chi connectivity index (χ4v) is 1.74. The molecular formula is C10H10N4O2S. The summed E-state index contributed by atoms with van der Waals surface area (Å²) in [6.45, 7) is 1.68. The van der Waals surface area contributed by atoms with Crippen molar-refractivity contribution in [3.8, 4) is 0 Å². The van der Waals surface area contributed by atoms with Gasteiger partial charge >= 0.3 is 6.01 Å². The number of hydrogen-bond acceptors (Lipinski definition) is 6. The van der Waals surface area contributed by atoms with Gasteiger partial charge in [0.1, 0.15) is 0 Å². The van der Waals surface area contributed by atoms with Gasteiger partial charge in [-0.3, -0.25) is 10.1 Å². The Morgan fingerprint density at radius 1 is 1.53 bits per heavy atom. The summed E-state index contributed by atoms with van der Waals surface area (Å²) >= 11 is 1.34. The van der Waals surface area contributed by atoms with E-state index in [1.54, 1.807) is 13.1 Å². The molecule has 0 aliphatic heterocycles. The van der Waals surface area contributed by atoms with Crippen LogP contribution in [0.4, 0.5) is 6.01 Å². The number of nitrogens with one attached hydrogen (secondary N) is 1. The Balaban J connectivity index is 1.82. The van der Waals surface area contributed by atoms with Crippen molar-refractivity contribution >= 4 is 23.7 Å². The molecule has 2 rings (SSSR count). The lowest BCUT2D eigenvalue weighted by Crippen LogP contribution is -2.14. The summed E-state index contributed by atoms with van der Waals surface area (Å²) in [5.74, 6) is 0.528. The largest absolute Gasteiger partial charge is 0.328 e. The second-order valence-corrected chi connectivity index (χ2v) is 4.15. The van der Waals surface area contributed by atoms with E-state index in [1.807, 2.05) is 18.2 Å². The van der Waals surface area contributed by atoms with Crippen LogP contribution in [0, 0.1) is 6.92 Å². The van der Waals surface area contributed by atoms with Gasteiger partial charge in [0.25, 0.3) is 0 Å². The van der Waals surface area contributed by atoms with E-state index in [4.69, 9.17) is 4.52 Å². The van der Waals surface area contributed by atoms with E-state index in [0.717, 1.165) is 5.03 Å². The average Bonchev–Trinajstić information content (AvgIpc) is 2.73. The first kappa shape index (κ1) is 11.6. The Morgan fingerprint density at radius 3 is 3.06 bits per heavy atom. The number of carbonyl (C=O) groups excluding carboxylic acids is 1. The summed E-state index contributed by atoms with van der Waals surface area (Å²) in [5, 5.41) is 6.87. The van der Waals surface area contributed by atoms with Crippen LogP contribution in [0.5, 0.6) is 0 Å². The van der Waals surface area contributed by atoms with Crippen LogP contribution in [0.15, 0.2) is 33.9 Å². The van der Waals surface area contributed by atoms with E-state index in [0.29, 0.717) is 5.82 Å². The highest BCUT2D eigenvalue weighted by molar-refractivity contribution is 7.99. The lowest BCUT2D eigenvalue weighted by atomic mass is 10.5. The molecule has 0 unspecified atom stereocenters. The van der Waals surface area contributed by atoms with Crippen LogP contribution in [0.25, 0.3) is 0 Å². The van der Waals surface area contributed by atoms with Crippen LogP contribution < -0.4 is 5.32 Å². The fourth-order valence-electron chi connectivity index (χ4n) is 1.08. The molecule has 0 aromatic carbocycles. The summed E-state index contributed by atoms with van der Waals surface area (Å²) in [4.78, 5) is 19.5. The highest BCUT2D eigenvalue weighted by Crippen LogP contribution is 2.14. The van der Waals surface area contributed by atoms with E-state index >= 15 is 0 Å². The van der Waals surface area contributed by atoms with E-state index < -0.39 is 0 Å². The molecule has 2 aromatic heterocycles. The molecule has 0 saturated heterocycles. The van der Waals surface area contributed by atoms with Crippen molar-refractivity contribution in [3.63, 3.8) is 0 Å². The maximum atomic E-state index is 11.5. The lowest BCUT2D eigenvalue weighted by molar-refractivity contribution is -0.114. The Bertz CT molecular complexity index is 500. The van der Waals surface area contributed by atoms with Gasteiger partial charge in [0.15, 0.2) is 5.82 Å². The van der Waals surface area contributed by atoms with Gasteiger partial charge in [-0.2, -0.15) is 4.98 Å². The van der Waals surface area contributed by atoms with Gasteiger partial charge in [-0.25, -0.2) is 4.98 Å². The second kappa shape index (κ2) is 5.44. The molecule has 17 heavy (non-hydrogen) atoms. The molecule has 0 bridgehead atoms. The van der Waals surface area contributed by atoms with Crippen LogP contribution in [0.1, 0.15) is 5.82 Å². The SMILES string of the molecule is Cc1noc(NC(=O)CSc2ccccn2)n1. The first-order valence-electron chi connectivity index (χ1n) is 4.88. The summed E-state index contributed by atoms with van der Waals surface area (Å²) < 4.78 is 4.77. The maximum Gasteiger partial charge on any atom is 0.328 e. The van der Waals surface area contributed by atoms with Crippen LogP contribution in [0.2, 0.25) is 0 Å². The van der Waals surface area contributed by atoms with Crippen LogP contribution in [-0.2, 0) is 4.79 Å². The molecule has 0 atom stereocenters. The third-order valence-electron chi connectivity index (χ3n) is 1.76. The molecule has 2 aromatic rings. The smallest absolute Gasteiger partial charge is 0.315 e. The minimum atomic E-state index is -0.204. The van der Waals surface area contributed by atoms with Gasteiger partial charge in [0, 0.05) is 6.20 Å². The predicted molar refractivity (Wildman–Crippen MR) is 62.6 cm³/mol. The van der Waals surface area contributed by atoms with Crippen molar-refractivity contribution in [1.29, 1.82) is 0 Å². The Kier molecular flexibility index (Phi) is 3.71. The summed E-state index contributed by atoms with van der Waals surface area (Å²) in [5.41, 5.74) is 0. The standard InChI is InChI=1S/C10H10N4O2S/c1-7-12-10(16-14-7)13-8(15)6-17-9-4-2-3-5-11-9/h2-5H,6H2,1H3,(H,12,13,14,15). The minimum absolute atomic E-state index is 0.120. The number of carbonyl (C=O) groups is 1. The molecule has 88 valence electrons. The van der Waals surface area contributed by atoms with Crippen molar-refractivity contribution in [2.24, 2.45) is 0 Å². The van der Waals surface area contributed by atoms with Gasteiger partial charge in [-0.15, -0.1) is 0 Å². The Morgan fingerprint density at radius 2 is 2.41 bits per heavy atom. The molecule has 0 fully saturated rings. The van der Waals surface area contributed by atoms with E-state index in [2.05, 4.69) is 20.4 Å². The normalized spacial score (nSPS) is 10.2. The number of rotatable bonds is 4. The molecule has 0 aliphatic rings. The zero-order chi connectivity index (χ0) is 12.1. The maximum absolute atomic E-state index is 11.5. The molecule has 0 spiro atoms. The molecule has 2 heterocycles. The molecule has 1 N–H and O–H groups in total. The first-order chi connectivity index (χ1) is 8.24. The Hall–Kier alpha value is -1.89. The Labute approximate surface area is 102 Å². The van der Waals surface area contributed by atoms with Gasteiger partial charge in [0.05, 0.1) is 10.8 Å². The number of aromatic nitrogens is 3. The van der Waals surface area contributed by atoms with Crippen LogP contribution >= 0.6 is 11.8 Å². The van der Waals surface area contributed by atoms with Crippen molar-refractivity contribution < 1.29 is 9.32 Å². The molecule has 0 aliphatic carbocycles. The van der Waals surface area contributed by atoms with Gasteiger partial charge in [-0.05, 0) is 19.1 Å². The van der Waals surface area contributed by atoms with Crippen LogP contribution in [0.3, 0.4) is 0 Å². The summed E-state index contributed by atoms with van der Waals surface area (Å²) in [7, 11) is 0. The number of amides is 1. The molecule has 6 nitrogen and oxygen atoms in total. The predicted octanol–water partition coefficient (Wildman–Crippen LogP) is 1.50. The molecule has 1 amide bonds. The second-order valence-electron chi connectivity index (χ2n) is 3.15.